The van der Waals surface area contributed by atoms with Gasteiger partial charge in [0.2, 0.25) is 0 Å². The van der Waals surface area contributed by atoms with E-state index in [2.05, 4.69) is 4.98 Å². The molecule has 3 aromatic rings. The number of ether oxygens (including phenoxy) is 1. The summed E-state index contributed by atoms with van der Waals surface area (Å²) >= 11 is 0. The Morgan fingerprint density at radius 1 is 0.800 bits per heavy atom. The third-order valence-corrected chi connectivity index (χ3v) is 4.34. The van der Waals surface area contributed by atoms with Crippen LogP contribution in [0.25, 0.3) is 22.3 Å². The van der Waals surface area contributed by atoms with Crippen LogP contribution in [-0.2, 0) is 17.1 Å². The molecule has 0 amide bonds. The molecule has 0 saturated carbocycles. The Kier molecular flexibility index (Phi) is 5.56. The molecule has 0 unspecified atom stereocenters. The van der Waals surface area contributed by atoms with Gasteiger partial charge in [-0.2, -0.15) is 26.3 Å². The number of pyridine rings is 1. The molecule has 1 heterocycles. The molecule has 3 rings (SSSR count). The van der Waals surface area contributed by atoms with Crippen LogP contribution in [0.4, 0.5) is 26.3 Å². The van der Waals surface area contributed by atoms with E-state index in [-0.39, 0.29) is 27.8 Å². The molecule has 2 aromatic carbocycles. The van der Waals surface area contributed by atoms with Crippen LogP contribution < -0.4 is 0 Å². The average molecular weight is 425 g/mol. The van der Waals surface area contributed by atoms with E-state index in [1.54, 1.807) is 0 Å². The molecule has 0 radical (unpaired) electrons. The number of nitrogens with zero attached hydrogens (tertiary/aromatic N) is 1. The lowest BCUT2D eigenvalue weighted by atomic mass is 9.93. The summed E-state index contributed by atoms with van der Waals surface area (Å²) in [4.78, 5) is 16.4. The van der Waals surface area contributed by atoms with Gasteiger partial charge in [-0.3, -0.25) is 4.98 Å². The van der Waals surface area contributed by atoms with Gasteiger partial charge in [0.05, 0.1) is 23.8 Å². The summed E-state index contributed by atoms with van der Waals surface area (Å²) in [5.41, 5.74) is -2.03. The third kappa shape index (κ3) is 4.29. The average Bonchev–Trinajstić information content (AvgIpc) is 2.71. The van der Waals surface area contributed by atoms with Gasteiger partial charge >= 0.3 is 18.3 Å². The monoisotopic (exact) mass is 425 g/mol. The number of hydrogen-bond donors (Lipinski definition) is 0. The molecular formula is C21H13F6NO2. The topological polar surface area (TPSA) is 39.2 Å². The molecule has 0 bridgehead atoms. The van der Waals surface area contributed by atoms with E-state index in [0.717, 1.165) is 43.5 Å². The maximum absolute atomic E-state index is 13.1. The summed E-state index contributed by atoms with van der Waals surface area (Å²) in [6.07, 6.45) is -6.90. The van der Waals surface area contributed by atoms with Crippen molar-refractivity contribution in [2.24, 2.45) is 0 Å². The van der Waals surface area contributed by atoms with Gasteiger partial charge in [-0.15, -0.1) is 0 Å². The Bertz CT molecular complexity index is 1010. The maximum atomic E-state index is 13.1. The summed E-state index contributed by atoms with van der Waals surface area (Å²) in [6.45, 7) is 0. The van der Waals surface area contributed by atoms with E-state index in [0.29, 0.717) is 0 Å². The minimum absolute atomic E-state index is 0.00265. The van der Waals surface area contributed by atoms with Crippen LogP contribution in [0, 0.1) is 0 Å². The molecule has 0 aliphatic heterocycles. The number of esters is 1. The Morgan fingerprint density at radius 3 is 1.60 bits per heavy atom. The standard InChI is InChI=1S/C21H13F6NO2/c1-30-19(29)18-16(12-4-2-6-14(8-12)20(22,23)24)10-28-11-17(18)13-5-3-7-15(9-13)21(25,26)27/h2-11H,1H3. The highest BCUT2D eigenvalue weighted by Crippen LogP contribution is 2.37. The molecule has 0 aliphatic carbocycles. The van der Waals surface area contributed by atoms with Crippen molar-refractivity contribution in [1.29, 1.82) is 0 Å². The first-order valence-corrected chi connectivity index (χ1v) is 8.44. The van der Waals surface area contributed by atoms with Crippen LogP contribution in [0.15, 0.2) is 60.9 Å². The normalized spacial score (nSPS) is 12.0. The number of aromatic nitrogens is 1. The molecular weight excluding hydrogens is 412 g/mol. The molecule has 0 fully saturated rings. The highest BCUT2D eigenvalue weighted by Gasteiger charge is 2.32. The second kappa shape index (κ2) is 7.81. The van der Waals surface area contributed by atoms with Gasteiger partial charge < -0.3 is 4.74 Å². The first-order valence-electron chi connectivity index (χ1n) is 8.44. The molecule has 0 spiro atoms. The van der Waals surface area contributed by atoms with E-state index >= 15 is 0 Å². The quantitative estimate of drug-likeness (QED) is 0.368. The van der Waals surface area contributed by atoms with Crippen LogP contribution >= 0.6 is 0 Å². The van der Waals surface area contributed by atoms with Gasteiger partial charge in [-0.05, 0) is 35.4 Å². The molecule has 3 nitrogen and oxygen atoms in total. The van der Waals surface area contributed by atoms with Gasteiger partial charge in [0.25, 0.3) is 0 Å². The number of alkyl halides is 6. The molecule has 1 aromatic heterocycles. The number of carbonyl (C=O) groups excluding carboxylic acids is 1. The second-order valence-corrected chi connectivity index (χ2v) is 6.26. The largest absolute Gasteiger partial charge is 0.465 e. The van der Waals surface area contributed by atoms with Gasteiger partial charge in [-0.1, -0.05) is 24.3 Å². The lowest BCUT2D eigenvalue weighted by molar-refractivity contribution is -0.138. The molecule has 9 heteroatoms. The van der Waals surface area contributed by atoms with Crippen molar-refractivity contribution in [3.63, 3.8) is 0 Å². The summed E-state index contributed by atoms with van der Waals surface area (Å²) in [6, 6.07) is 8.41. The number of rotatable bonds is 3. The Balaban J connectivity index is 2.25. The minimum atomic E-state index is -4.62. The summed E-state index contributed by atoms with van der Waals surface area (Å²) in [5.74, 6) is -0.919. The molecule has 0 aliphatic rings. The third-order valence-electron chi connectivity index (χ3n) is 4.34. The Hall–Kier alpha value is -3.36. The number of carbonyl (C=O) groups is 1. The first kappa shape index (κ1) is 21.4. The summed E-state index contributed by atoms with van der Waals surface area (Å²) < 4.78 is 83.3. The van der Waals surface area contributed by atoms with Crippen LogP contribution in [-0.4, -0.2) is 18.1 Å². The zero-order valence-corrected chi connectivity index (χ0v) is 15.3. The predicted molar refractivity (Wildman–Crippen MR) is 96.5 cm³/mol. The molecule has 0 atom stereocenters. The number of halogens is 6. The second-order valence-electron chi connectivity index (χ2n) is 6.26. The van der Waals surface area contributed by atoms with Crippen molar-refractivity contribution in [3.05, 3.63) is 77.6 Å². The van der Waals surface area contributed by atoms with Gasteiger partial charge in [0.15, 0.2) is 0 Å². The number of benzene rings is 2. The number of hydrogen-bond acceptors (Lipinski definition) is 3. The van der Waals surface area contributed by atoms with E-state index in [4.69, 9.17) is 4.74 Å². The lowest BCUT2D eigenvalue weighted by Crippen LogP contribution is -2.09. The first-order chi connectivity index (χ1) is 14.0. The SMILES string of the molecule is COC(=O)c1c(-c2cccc(C(F)(F)F)c2)cncc1-c1cccc(C(F)(F)F)c1. The number of methoxy groups -OCH3 is 1. The van der Waals surface area contributed by atoms with Gasteiger partial charge in [-0.25, -0.2) is 4.79 Å². The fourth-order valence-electron chi connectivity index (χ4n) is 2.95. The molecule has 30 heavy (non-hydrogen) atoms. The van der Waals surface area contributed by atoms with Crippen molar-refractivity contribution in [1.82, 2.24) is 4.98 Å². The van der Waals surface area contributed by atoms with Crippen molar-refractivity contribution in [3.8, 4) is 22.3 Å². The lowest BCUT2D eigenvalue weighted by Gasteiger charge is -2.15. The van der Waals surface area contributed by atoms with Crippen molar-refractivity contribution in [2.75, 3.05) is 7.11 Å². The molecule has 0 saturated heterocycles. The van der Waals surface area contributed by atoms with Crippen molar-refractivity contribution in [2.45, 2.75) is 12.4 Å². The van der Waals surface area contributed by atoms with Crippen LogP contribution in [0.1, 0.15) is 21.5 Å². The smallest absolute Gasteiger partial charge is 0.416 e. The van der Waals surface area contributed by atoms with E-state index in [9.17, 15) is 31.1 Å². The fraction of sp³-hybridized carbons (Fsp3) is 0.143. The van der Waals surface area contributed by atoms with Crippen LogP contribution in [0.2, 0.25) is 0 Å². The van der Waals surface area contributed by atoms with Gasteiger partial charge in [0, 0.05) is 23.5 Å². The molecule has 0 N–H and O–H groups in total. The summed E-state index contributed by atoms with van der Waals surface area (Å²) in [7, 11) is 1.06. The highest BCUT2D eigenvalue weighted by atomic mass is 19.4. The van der Waals surface area contributed by atoms with Crippen molar-refractivity contribution >= 4 is 5.97 Å². The molecule has 156 valence electrons. The van der Waals surface area contributed by atoms with Crippen molar-refractivity contribution < 1.29 is 35.9 Å². The van der Waals surface area contributed by atoms with Gasteiger partial charge in [0.1, 0.15) is 0 Å². The van der Waals surface area contributed by atoms with E-state index in [1.165, 1.54) is 24.5 Å². The van der Waals surface area contributed by atoms with Crippen LogP contribution in [0.5, 0.6) is 0 Å². The van der Waals surface area contributed by atoms with E-state index < -0.39 is 29.4 Å². The maximum Gasteiger partial charge on any atom is 0.416 e. The minimum Gasteiger partial charge on any atom is -0.465 e. The zero-order chi connectivity index (χ0) is 22.1. The van der Waals surface area contributed by atoms with Crippen LogP contribution in [0.3, 0.4) is 0 Å². The summed E-state index contributed by atoms with van der Waals surface area (Å²) in [5, 5.41) is 0. The fourth-order valence-corrected chi connectivity index (χ4v) is 2.95. The zero-order valence-electron chi connectivity index (χ0n) is 15.3. The highest BCUT2D eigenvalue weighted by molar-refractivity contribution is 6.03. The van der Waals surface area contributed by atoms with E-state index in [1.807, 2.05) is 0 Å². The Morgan fingerprint density at radius 2 is 1.23 bits per heavy atom. The Labute approximate surface area is 166 Å². The predicted octanol–water partition coefficient (Wildman–Crippen LogP) is 6.24.